The maximum atomic E-state index is 8.73. The number of hydrogen-bond acceptors (Lipinski definition) is 4. The minimum Gasteiger partial charge on any atom is -0.382 e. The third kappa shape index (κ3) is 1.53. The molecule has 0 atom stereocenters. The minimum atomic E-state index is 0.315. The number of nitriles is 1. The van der Waals surface area contributed by atoms with Crippen LogP contribution in [0, 0.1) is 18.3 Å². The van der Waals surface area contributed by atoms with Gasteiger partial charge < -0.3 is 5.73 Å². The summed E-state index contributed by atoms with van der Waals surface area (Å²) in [5.41, 5.74) is 6.97. The number of rotatable bonds is 1. The van der Waals surface area contributed by atoms with E-state index in [0.29, 0.717) is 17.2 Å². The Labute approximate surface area is 86.8 Å². The molecule has 0 amide bonds. The van der Waals surface area contributed by atoms with Crippen molar-refractivity contribution in [3.63, 3.8) is 0 Å². The van der Waals surface area contributed by atoms with Crippen molar-refractivity contribution in [1.29, 1.82) is 5.26 Å². The van der Waals surface area contributed by atoms with E-state index in [0.717, 1.165) is 5.69 Å². The van der Waals surface area contributed by atoms with Crippen LogP contribution in [0.15, 0.2) is 24.4 Å². The SMILES string of the molecule is Cc1cccc(-n2ncc(C#N)c2N)n1. The Morgan fingerprint density at radius 3 is 2.87 bits per heavy atom. The van der Waals surface area contributed by atoms with Gasteiger partial charge in [0.05, 0.1) is 6.20 Å². The molecule has 0 radical (unpaired) electrons. The third-order valence-electron chi connectivity index (χ3n) is 2.02. The smallest absolute Gasteiger partial charge is 0.155 e. The number of nitrogen functional groups attached to an aromatic ring is 1. The van der Waals surface area contributed by atoms with E-state index in [-0.39, 0.29) is 0 Å². The maximum Gasteiger partial charge on any atom is 0.155 e. The number of pyridine rings is 1. The predicted octanol–water partition coefficient (Wildman–Crippen LogP) is 1.03. The molecule has 0 saturated heterocycles. The summed E-state index contributed by atoms with van der Waals surface area (Å²) in [7, 11) is 0. The van der Waals surface area contributed by atoms with Crippen LogP contribution in [0.1, 0.15) is 11.3 Å². The molecule has 74 valence electrons. The summed E-state index contributed by atoms with van der Waals surface area (Å²) in [6, 6.07) is 7.50. The van der Waals surface area contributed by atoms with E-state index in [4.69, 9.17) is 11.0 Å². The van der Waals surface area contributed by atoms with Crippen molar-refractivity contribution in [3.05, 3.63) is 35.7 Å². The van der Waals surface area contributed by atoms with E-state index in [9.17, 15) is 0 Å². The van der Waals surface area contributed by atoms with Crippen LogP contribution >= 0.6 is 0 Å². The molecule has 15 heavy (non-hydrogen) atoms. The topological polar surface area (TPSA) is 80.5 Å². The molecule has 5 heteroatoms. The molecular weight excluding hydrogens is 190 g/mol. The summed E-state index contributed by atoms with van der Waals surface area (Å²) in [4.78, 5) is 4.26. The second-order valence-corrected chi connectivity index (χ2v) is 3.10. The third-order valence-corrected chi connectivity index (χ3v) is 2.02. The lowest BCUT2D eigenvalue weighted by atomic mass is 10.3. The highest BCUT2D eigenvalue weighted by atomic mass is 15.3. The number of nitrogens with zero attached hydrogens (tertiary/aromatic N) is 4. The van der Waals surface area contributed by atoms with E-state index in [1.54, 1.807) is 6.07 Å². The van der Waals surface area contributed by atoms with Gasteiger partial charge in [0.2, 0.25) is 0 Å². The molecule has 0 aromatic carbocycles. The Morgan fingerprint density at radius 2 is 2.27 bits per heavy atom. The van der Waals surface area contributed by atoms with E-state index in [2.05, 4.69) is 10.1 Å². The van der Waals surface area contributed by atoms with Crippen molar-refractivity contribution < 1.29 is 0 Å². The fraction of sp³-hybridized carbons (Fsp3) is 0.100. The fourth-order valence-corrected chi connectivity index (χ4v) is 1.27. The molecule has 0 aliphatic rings. The fourth-order valence-electron chi connectivity index (χ4n) is 1.27. The zero-order valence-electron chi connectivity index (χ0n) is 8.18. The Balaban J connectivity index is 2.56. The summed E-state index contributed by atoms with van der Waals surface area (Å²) in [5.74, 6) is 0.935. The van der Waals surface area contributed by atoms with Gasteiger partial charge in [0, 0.05) is 5.69 Å². The van der Waals surface area contributed by atoms with E-state index in [1.807, 2.05) is 25.1 Å². The van der Waals surface area contributed by atoms with E-state index >= 15 is 0 Å². The molecule has 2 rings (SSSR count). The van der Waals surface area contributed by atoms with Gasteiger partial charge in [-0.25, -0.2) is 4.98 Å². The van der Waals surface area contributed by atoms with Gasteiger partial charge in [-0.3, -0.25) is 0 Å². The highest BCUT2D eigenvalue weighted by Gasteiger charge is 2.08. The number of aromatic nitrogens is 3. The Bertz CT molecular complexity index is 535. The van der Waals surface area contributed by atoms with Crippen molar-refractivity contribution in [2.45, 2.75) is 6.92 Å². The molecular formula is C10H9N5. The molecule has 5 nitrogen and oxygen atoms in total. The summed E-state index contributed by atoms with van der Waals surface area (Å²) in [6.45, 7) is 1.88. The van der Waals surface area contributed by atoms with Crippen LogP contribution in [0.2, 0.25) is 0 Å². The largest absolute Gasteiger partial charge is 0.382 e. The summed E-state index contributed by atoms with van der Waals surface area (Å²) >= 11 is 0. The van der Waals surface area contributed by atoms with Crippen molar-refractivity contribution in [3.8, 4) is 11.9 Å². The second kappa shape index (κ2) is 3.42. The van der Waals surface area contributed by atoms with Crippen LogP contribution in [-0.2, 0) is 0 Å². The minimum absolute atomic E-state index is 0.315. The Hall–Kier alpha value is -2.35. The predicted molar refractivity (Wildman–Crippen MR) is 55.2 cm³/mol. The van der Waals surface area contributed by atoms with Crippen LogP contribution in [0.3, 0.4) is 0 Å². The van der Waals surface area contributed by atoms with Crippen LogP contribution in [0.5, 0.6) is 0 Å². The maximum absolute atomic E-state index is 8.73. The highest BCUT2D eigenvalue weighted by Crippen LogP contribution is 2.14. The molecule has 0 aliphatic heterocycles. The van der Waals surface area contributed by atoms with Crippen LogP contribution < -0.4 is 5.73 Å². The normalized spacial score (nSPS) is 9.87. The molecule has 0 aliphatic carbocycles. The van der Waals surface area contributed by atoms with Gasteiger partial charge in [-0.2, -0.15) is 15.0 Å². The first-order valence-electron chi connectivity index (χ1n) is 4.40. The van der Waals surface area contributed by atoms with E-state index < -0.39 is 0 Å². The van der Waals surface area contributed by atoms with Crippen molar-refractivity contribution in [1.82, 2.24) is 14.8 Å². The molecule has 0 spiro atoms. The molecule has 0 saturated carbocycles. The molecule has 2 N–H and O–H groups in total. The van der Waals surface area contributed by atoms with Crippen LogP contribution in [0.4, 0.5) is 5.82 Å². The van der Waals surface area contributed by atoms with Crippen molar-refractivity contribution in [2.24, 2.45) is 0 Å². The number of anilines is 1. The lowest BCUT2D eigenvalue weighted by molar-refractivity contribution is 0.850. The van der Waals surface area contributed by atoms with Crippen LogP contribution in [-0.4, -0.2) is 14.8 Å². The Morgan fingerprint density at radius 1 is 1.47 bits per heavy atom. The molecule has 2 aromatic heterocycles. The van der Waals surface area contributed by atoms with Crippen LogP contribution in [0.25, 0.3) is 5.82 Å². The highest BCUT2D eigenvalue weighted by molar-refractivity contribution is 5.51. The number of aryl methyl sites for hydroxylation is 1. The summed E-state index contributed by atoms with van der Waals surface area (Å²) < 4.78 is 1.45. The van der Waals surface area contributed by atoms with Gasteiger partial charge in [-0.05, 0) is 19.1 Å². The molecule has 2 aromatic rings. The van der Waals surface area contributed by atoms with Crippen molar-refractivity contribution >= 4 is 5.82 Å². The molecule has 0 fully saturated rings. The average Bonchev–Trinajstić information content (AvgIpc) is 2.59. The lowest BCUT2D eigenvalue weighted by Gasteiger charge is -2.03. The van der Waals surface area contributed by atoms with Gasteiger partial charge >= 0.3 is 0 Å². The zero-order valence-corrected chi connectivity index (χ0v) is 8.18. The average molecular weight is 199 g/mol. The molecule has 0 bridgehead atoms. The first-order chi connectivity index (χ1) is 7.22. The quantitative estimate of drug-likeness (QED) is 0.743. The lowest BCUT2D eigenvalue weighted by Crippen LogP contribution is -2.04. The Kier molecular flexibility index (Phi) is 2.10. The van der Waals surface area contributed by atoms with Gasteiger partial charge in [-0.1, -0.05) is 6.07 Å². The standard InChI is InChI=1S/C10H9N5/c1-7-3-2-4-9(14-7)15-10(12)8(5-11)6-13-15/h2-4,6H,12H2,1H3. The number of nitrogens with two attached hydrogens (primary N) is 1. The first-order valence-corrected chi connectivity index (χ1v) is 4.40. The van der Waals surface area contributed by atoms with Gasteiger partial charge in [0.25, 0.3) is 0 Å². The first kappa shape index (κ1) is 9.21. The molecule has 0 unspecified atom stereocenters. The molecule has 2 heterocycles. The van der Waals surface area contributed by atoms with E-state index in [1.165, 1.54) is 10.9 Å². The monoisotopic (exact) mass is 199 g/mol. The van der Waals surface area contributed by atoms with Gasteiger partial charge in [0.1, 0.15) is 17.5 Å². The van der Waals surface area contributed by atoms with Crippen molar-refractivity contribution in [2.75, 3.05) is 5.73 Å². The second-order valence-electron chi connectivity index (χ2n) is 3.10. The van der Waals surface area contributed by atoms with Gasteiger partial charge in [0.15, 0.2) is 5.82 Å². The zero-order chi connectivity index (χ0) is 10.8. The summed E-state index contributed by atoms with van der Waals surface area (Å²) in [5, 5.41) is 12.7. The van der Waals surface area contributed by atoms with Gasteiger partial charge in [-0.15, -0.1) is 0 Å². The number of hydrogen-bond donors (Lipinski definition) is 1. The summed E-state index contributed by atoms with van der Waals surface area (Å²) in [6.07, 6.45) is 1.43.